The maximum Gasteiger partial charge on any atom is 0.166 e. The van der Waals surface area contributed by atoms with Gasteiger partial charge in [-0.25, -0.2) is 9.97 Å². The SMILES string of the molecule is CCCC(OCC)c1ncc2c(n1)CCCCC2=O. The number of hydrogen-bond acceptors (Lipinski definition) is 4. The molecular weight excluding hydrogens is 240 g/mol. The molecule has 0 radical (unpaired) electrons. The van der Waals surface area contributed by atoms with Gasteiger partial charge < -0.3 is 4.74 Å². The standard InChI is InChI=1S/C15H22N2O2/c1-3-7-14(19-4-2)15-16-10-11-12(17-15)8-5-6-9-13(11)18/h10,14H,3-9H2,1-2H3. The largest absolute Gasteiger partial charge is 0.371 e. The van der Waals surface area contributed by atoms with Gasteiger partial charge in [0.1, 0.15) is 6.10 Å². The first-order chi connectivity index (χ1) is 9.26. The number of carbonyl (C=O) groups is 1. The first-order valence-electron chi connectivity index (χ1n) is 7.26. The van der Waals surface area contributed by atoms with Gasteiger partial charge in [-0.1, -0.05) is 13.3 Å². The predicted molar refractivity (Wildman–Crippen MR) is 73.2 cm³/mol. The summed E-state index contributed by atoms with van der Waals surface area (Å²) in [5.41, 5.74) is 1.63. The van der Waals surface area contributed by atoms with Gasteiger partial charge in [0.2, 0.25) is 0 Å². The van der Waals surface area contributed by atoms with Crippen LogP contribution in [-0.2, 0) is 11.2 Å². The molecule has 1 aliphatic rings. The highest BCUT2D eigenvalue weighted by Crippen LogP contribution is 2.23. The predicted octanol–water partition coefficient (Wildman–Crippen LogP) is 3.26. The number of nitrogens with zero attached hydrogens (tertiary/aromatic N) is 2. The molecule has 0 fully saturated rings. The minimum atomic E-state index is -0.0429. The monoisotopic (exact) mass is 262 g/mol. The average Bonchev–Trinajstić information content (AvgIpc) is 2.60. The molecule has 1 unspecified atom stereocenters. The molecule has 1 aliphatic carbocycles. The summed E-state index contributed by atoms with van der Waals surface area (Å²) in [5.74, 6) is 0.916. The molecule has 104 valence electrons. The summed E-state index contributed by atoms with van der Waals surface area (Å²) < 4.78 is 5.71. The van der Waals surface area contributed by atoms with E-state index >= 15 is 0 Å². The maximum atomic E-state index is 11.9. The number of ketones is 1. The number of fused-ring (bicyclic) bond motifs is 1. The van der Waals surface area contributed by atoms with Gasteiger partial charge in [-0.15, -0.1) is 0 Å². The van der Waals surface area contributed by atoms with Crippen LogP contribution in [0.1, 0.15) is 73.9 Å². The Kier molecular flexibility index (Phi) is 5.02. The number of ether oxygens (including phenoxy) is 1. The normalized spacial score (nSPS) is 16.8. The highest BCUT2D eigenvalue weighted by molar-refractivity contribution is 5.97. The molecule has 0 spiro atoms. The van der Waals surface area contributed by atoms with Crippen LogP contribution >= 0.6 is 0 Å². The van der Waals surface area contributed by atoms with Crippen molar-refractivity contribution in [1.82, 2.24) is 9.97 Å². The molecule has 1 atom stereocenters. The Bertz CT molecular complexity index is 440. The third-order valence-corrected chi connectivity index (χ3v) is 3.46. The molecule has 0 amide bonds. The van der Waals surface area contributed by atoms with Crippen LogP contribution in [0.15, 0.2) is 6.20 Å². The smallest absolute Gasteiger partial charge is 0.166 e. The van der Waals surface area contributed by atoms with E-state index in [9.17, 15) is 4.79 Å². The first-order valence-corrected chi connectivity index (χ1v) is 7.26. The highest BCUT2D eigenvalue weighted by Gasteiger charge is 2.20. The number of Topliss-reactive ketones (excluding diaryl/α,β-unsaturated/α-hetero) is 1. The van der Waals surface area contributed by atoms with Gasteiger partial charge in [0.25, 0.3) is 0 Å². The van der Waals surface area contributed by atoms with Crippen LogP contribution in [0.25, 0.3) is 0 Å². The van der Waals surface area contributed by atoms with Crippen molar-refractivity contribution < 1.29 is 9.53 Å². The number of aromatic nitrogens is 2. The maximum absolute atomic E-state index is 11.9. The Labute approximate surface area is 114 Å². The molecule has 19 heavy (non-hydrogen) atoms. The van der Waals surface area contributed by atoms with E-state index in [0.29, 0.717) is 18.6 Å². The summed E-state index contributed by atoms with van der Waals surface area (Å²) in [5, 5.41) is 0. The summed E-state index contributed by atoms with van der Waals surface area (Å²) in [4.78, 5) is 20.9. The van der Waals surface area contributed by atoms with Crippen molar-refractivity contribution in [1.29, 1.82) is 0 Å². The Morgan fingerprint density at radius 1 is 1.32 bits per heavy atom. The van der Waals surface area contributed by atoms with Crippen molar-refractivity contribution in [3.63, 3.8) is 0 Å². The van der Waals surface area contributed by atoms with Crippen LogP contribution in [0.4, 0.5) is 0 Å². The zero-order valence-corrected chi connectivity index (χ0v) is 11.8. The molecule has 4 heteroatoms. The van der Waals surface area contributed by atoms with E-state index in [1.165, 1.54) is 0 Å². The van der Waals surface area contributed by atoms with Crippen LogP contribution in [0.3, 0.4) is 0 Å². The van der Waals surface area contributed by atoms with E-state index < -0.39 is 0 Å². The van der Waals surface area contributed by atoms with Gasteiger partial charge in [-0.2, -0.15) is 0 Å². The third-order valence-electron chi connectivity index (χ3n) is 3.46. The van der Waals surface area contributed by atoms with Gasteiger partial charge in [-0.05, 0) is 32.6 Å². The molecule has 1 aromatic heterocycles. The van der Waals surface area contributed by atoms with Crippen molar-refractivity contribution in [2.24, 2.45) is 0 Å². The fourth-order valence-corrected chi connectivity index (χ4v) is 2.47. The molecule has 0 bridgehead atoms. The second-order valence-electron chi connectivity index (χ2n) is 4.95. The summed E-state index contributed by atoms with van der Waals surface area (Å²) in [7, 11) is 0. The van der Waals surface area contributed by atoms with Crippen LogP contribution in [0.2, 0.25) is 0 Å². The molecule has 0 saturated heterocycles. The van der Waals surface area contributed by atoms with Crippen molar-refractivity contribution >= 4 is 5.78 Å². The van der Waals surface area contributed by atoms with E-state index in [-0.39, 0.29) is 11.9 Å². The van der Waals surface area contributed by atoms with Gasteiger partial charge >= 0.3 is 0 Å². The summed E-state index contributed by atoms with van der Waals surface area (Å²) in [6.07, 6.45) is 7.09. The van der Waals surface area contributed by atoms with E-state index in [0.717, 1.165) is 43.6 Å². The number of carbonyl (C=O) groups excluding carboxylic acids is 1. The van der Waals surface area contributed by atoms with E-state index in [4.69, 9.17) is 4.74 Å². The fourth-order valence-electron chi connectivity index (χ4n) is 2.47. The second kappa shape index (κ2) is 6.75. The summed E-state index contributed by atoms with van der Waals surface area (Å²) >= 11 is 0. The first kappa shape index (κ1) is 14.1. The highest BCUT2D eigenvalue weighted by atomic mass is 16.5. The molecule has 0 aromatic carbocycles. The quantitative estimate of drug-likeness (QED) is 0.764. The lowest BCUT2D eigenvalue weighted by Crippen LogP contribution is -2.13. The molecule has 0 N–H and O–H groups in total. The van der Waals surface area contributed by atoms with Gasteiger partial charge in [0.15, 0.2) is 11.6 Å². The number of aryl methyl sites for hydroxylation is 1. The average molecular weight is 262 g/mol. The minimum absolute atomic E-state index is 0.0429. The lowest BCUT2D eigenvalue weighted by atomic mass is 10.1. The van der Waals surface area contributed by atoms with Crippen molar-refractivity contribution in [3.05, 3.63) is 23.3 Å². The lowest BCUT2D eigenvalue weighted by molar-refractivity contribution is 0.0491. The van der Waals surface area contributed by atoms with Gasteiger partial charge in [-0.3, -0.25) is 4.79 Å². The topological polar surface area (TPSA) is 52.1 Å². The fraction of sp³-hybridized carbons (Fsp3) is 0.667. The molecule has 4 nitrogen and oxygen atoms in total. The number of hydrogen-bond donors (Lipinski definition) is 0. The Balaban J connectivity index is 2.28. The minimum Gasteiger partial charge on any atom is -0.371 e. The molecular formula is C15H22N2O2. The zero-order valence-electron chi connectivity index (χ0n) is 11.8. The van der Waals surface area contributed by atoms with Gasteiger partial charge in [0.05, 0.1) is 11.3 Å². The van der Waals surface area contributed by atoms with E-state index in [1.807, 2.05) is 6.92 Å². The number of rotatable bonds is 5. The van der Waals surface area contributed by atoms with Crippen LogP contribution in [0, 0.1) is 0 Å². The summed E-state index contributed by atoms with van der Waals surface area (Å²) in [6, 6.07) is 0. The second-order valence-corrected chi connectivity index (χ2v) is 4.95. The molecule has 1 aromatic rings. The van der Waals surface area contributed by atoms with Crippen LogP contribution < -0.4 is 0 Å². The third kappa shape index (κ3) is 3.38. The lowest BCUT2D eigenvalue weighted by Gasteiger charge is -2.16. The van der Waals surface area contributed by atoms with Crippen molar-refractivity contribution in [2.45, 2.75) is 58.5 Å². The molecule has 0 aliphatic heterocycles. The van der Waals surface area contributed by atoms with Crippen LogP contribution in [-0.4, -0.2) is 22.4 Å². The zero-order chi connectivity index (χ0) is 13.7. The van der Waals surface area contributed by atoms with E-state index in [2.05, 4.69) is 16.9 Å². The molecule has 2 rings (SSSR count). The van der Waals surface area contributed by atoms with E-state index in [1.54, 1.807) is 6.20 Å². The van der Waals surface area contributed by atoms with Crippen molar-refractivity contribution in [2.75, 3.05) is 6.61 Å². The Morgan fingerprint density at radius 3 is 2.84 bits per heavy atom. The van der Waals surface area contributed by atoms with Crippen LogP contribution in [0.5, 0.6) is 0 Å². The Hall–Kier alpha value is -1.29. The molecule has 1 heterocycles. The van der Waals surface area contributed by atoms with Crippen molar-refractivity contribution in [3.8, 4) is 0 Å². The Morgan fingerprint density at radius 2 is 2.11 bits per heavy atom. The molecule has 0 saturated carbocycles. The summed E-state index contributed by atoms with van der Waals surface area (Å²) in [6.45, 7) is 4.76. The van der Waals surface area contributed by atoms with Gasteiger partial charge in [0, 0.05) is 19.2 Å².